The van der Waals surface area contributed by atoms with Crippen molar-refractivity contribution in [1.82, 2.24) is 0 Å². The Morgan fingerprint density at radius 2 is 0.671 bits per heavy atom. The van der Waals surface area contributed by atoms with Crippen LogP contribution in [0.4, 0.5) is 0 Å². The molecule has 2 atom stereocenters. The van der Waals surface area contributed by atoms with E-state index in [1.165, 1.54) is 135 Å². The highest BCUT2D eigenvalue weighted by atomic mass is 31.2. The number of allylic oxidation sites excluding steroid dienone is 22. The first kappa shape index (κ1) is 81.2. The van der Waals surface area contributed by atoms with Crippen molar-refractivity contribution in [3.05, 3.63) is 134 Å². The van der Waals surface area contributed by atoms with E-state index in [0.29, 0.717) is 17.4 Å². The Morgan fingerprint density at radius 3 is 1.00 bits per heavy atom. The fourth-order valence-electron chi connectivity index (χ4n) is 9.20. The third-order valence-electron chi connectivity index (χ3n) is 14.4. The quantitative estimate of drug-likeness (QED) is 0.0211. The fraction of sp³-hybridized carbons (Fsp3) is 0.680. The summed E-state index contributed by atoms with van der Waals surface area (Å²) in [6, 6.07) is 0. The maximum atomic E-state index is 12.9. The van der Waals surface area contributed by atoms with Gasteiger partial charge >= 0.3 is 19.8 Å². The lowest BCUT2D eigenvalue weighted by Gasteiger charge is -2.24. The molecule has 0 aliphatic carbocycles. The molecule has 85 heavy (non-hydrogen) atoms. The van der Waals surface area contributed by atoms with E-state index in [0.717, 1.165) is 109 Å². The molecule has 0 radical (unpaired) electrons. The van der Waals surface area contributed by atoms with Crippen molar-refractivity contribution in [2.75, 3.05) is 47.5 Å². The number of carbonyl (C=O) groups excluding carboxylic acids is 2. The predicted octanol–water partition coefficient (Wildman–Crippen LogP) is 22.4. The molecule has 0 aliphatic heterocycles. The highest BCUT2D eigenvalue weighted by Gasteiger charge is 2.27. The van der Waals surface area contributed by atoms with Crippen LogP contribution in [-0.4, -0.2) is 74.9 Å². The third-order valence-corrected chi connectivity index (χ3v) is 15.4. The van der Waals surface area contributed by atoms with Crippen LogP contribution in [0.25, 0.3) is 0 Å². The zero-order valence-electron chi connectivity index (χ0n) is 55.3. The molecule has 0 aromatic heterocycles. The van der Waals surface area contributed by atoms with Crippen molar-refractivity contribution in [3.63, 3.8) is 0 Å². The molecule has 1 N–H and O–H groups in total. The van der Waals surface area contributed by atoms with E-state index in [2.05, 4.69) is 148 Å². The summed E-state index contributed by atoms with van der Waals surface area (Å²) >= 11 is 0. The summed E-state index contributed by atoms with van der Waals surface area (Å²) in [7, 11) is 1.44. The van der Waals surface area contributed by atoms with E-state index >= 15 is 0 Å². The average molecular weight is 1200 g/mol. The summed E-state index contributed by atoms with van der Waals surface area (Å²) < 4.78 is 34.6. The number of rotatable bonds is 62. The molecule has 2 unspecified atom stereocenters. The van der Waals surface area contributed by atoms with Gasteiger partial charge in [0.1, 0.15) is 19.8 Å². The number of phosphoric ester groups is 1. The van der Waals surface area contributed by atoms with Crippen LogP contribution in [0.15, 0.2) is 134 Å². The van der Waals surface area contributed by atoms with Crippen LogP contribution in [0.5, 0.6) is 0 Å². The molecule has 0 rings (SSSR count). The molecule has 9 nitrogen and oxygen atoms in total. The van der Waals surface area contributed by atoms with Gasteiger partial charge in [-0.1, -0.05) is 302 Å². The summed E-state index contributed by atoms with van der Waals surface area (Å²) in [5, 5.41) is 0. The lowest BCUT2D eigenvalue weighted by molar-refractivity contribution is -0.870. The number of quaternary nitrogens is 1. The van der Waals surface area contributed by atoms with Crippen LogP contribution in [0.2, 0.25) is 0 Å². The number of hydrogen-bond acceptors (Lipinski definition) is 7. The van der Waals surface area contributed by atoms with Crippen molar-refractivity contribution in [2.24, 2.45) is 0 Å². The molecule has 0 spiro atoms. The van der Waals surface area contributed by atoms with Gasteiger partial charge in [0.15, 0.2) is 6.10 Å². The second-order valence-corrected chi connectivity index (χ2v) is 25.3. The van der Waals surface area contributed by atoms with Crippen molar-refractivity contribution in [3.8, 4) is 0 Å². The van der Waals surface area contributed by atoms with E-state index in [1.807, 2.05) is 21.1 Å². The minimum absolute atomic E-state index is 0.0195. The van der Waals surface area contributed by atoms with Gasteiger partial charge in [-0.3, -0.25) is 18.6 Å². The molecule has 0 fully saturated rings. The minimum atomic E-state index is -4.41. The normalized spacial score (nSPS) is 14.0. The summed E-state index contributed by atoms with van der Waals surface area (Å²) in [4.78, 5) is 35.8. The van der Waals surface area contributed by atoms with Crippen LogP contribution in [0, 0.1) is 0 Å². The standard InChI is InChI=1S/C75H128NO8P/c1-6-8-10-12-14-16-18-20-22-24-26-28-30-32-33-34-35-36-37-38-39-40-41-42-43-44-46-48-50-52-54-56-58-60-62-64-66-68-75(78)84-73(72-83-85(79,80)82-70-69-76(3,4)5)71-81-74(77)67-65-63-61-59-57-55-53-51-49-47-45-31-29-27-25-23-21-19-17-15-13-11-9-7-2/h8,10,14,16,20,22,26,28,32-33,35-36,38-39,41-42,44,46,50,52,56,58,73H,6-7,9,11-13,15,17-19,21,23-25,27,29-31,34,37,40,43,45,47-49,51,53-55,57,59-72H2,1-5H3/p+1/b10-8-,16-14-,22-20-,28-26-,33-32-,36-35-,39-38-,42-41-,46-44-,52-50-,58-56-. The average Bonchev–Trinajstić information content (AvgIpc) is 3.50. The first-order chi connectivity index (χ1) is 41.5. The number of likely N-dealkylation sites (N-methyl/N-ethyl adjacent to an activating group) is 1. The Morgan fingerprint density at radius 1 is 0.376 bits per heavy atom. The first-order valence-corrected chi connectivity index (χ1v) is 35.9. The van der Waals surface area contributed by atoms with Crippen LogP contribution in [0.1, 0.15) is 277 Å². The van der Waals surface area contributed by atoms with Crippen LogP contribution in [0.3, 0.4) is 0 Å². The summed E-state index contributed by atoms with van der Waals surface area (Å²) in [5.41, 5.74) is 0. The number of ether oxygens (including phenoxy) is 2. The molecule has 0 amide bonds. The molecule has 10 heteroatoms. The Bertz CT molecular complexity index is 1900. The topological polar surface area (TPSA) is 108 Å². The molecule has 0 aromatic carbocycles. The lowest BCUT2D eigenvalue weighted by atomic mass is 10.0. The third kappa shape index (κ3) is 69.1. The summed E-state index contributed by atoms with van der Waals surface area (Å²) in [5.74, 6) is -0.835. The SMILES string of the molecule is CC/C=C\C/C=C\C/C=C\C/C=C\C/C=C\C/C=C\C/C=C\C/C=C\C/C=C\C/C=C\C/C=C\CCCCCC(=O)OC(COC(=O)CCCCCCCCCCCCCCCCCCCCCCCCCC)COP(=O)(O)OCC[N+](C)(C)C. The van der Waals surface area contributed by atoms with Crippen molar-refractivity contribution >= 4 is 19.8 Å². The number of hydrogen-bond donors (Lipinski definition) is 1. The molecular formula is C75H129NO8P+. The highest BCUT2D eigenvalue weighted by Crippen LogP contribution is 2.43. The first-order valence-electron chi connectivity index (χ1n) is 34.4. The number of esters is 2. The van der Waals surface area contributed by atoms with Gasteiger partial charge in [-0.05, 0) is 96.3 Å². The van der Waals surface area contributed by atoms with Crippen molar-refractivity contribution in [2.45, 2.75) is 283 Å². The lowest BCUT2D eigenvalue weighted by Crippen LogP contribution is -2.37. The van der Waals surface area contributed by atoms with Gasteiger partial charge in [0.2, 0.25) is 0 Å². The molecule has 486 valence electrons. The van der Waals surface area contributed by atoms with Gasteiger partial charge in [-0.15, -0.1) is 0 Å². The van der Waals surface area contributed by atoms with Gasteiger partial charge in [0.25, 0.3) is 0 Å². The second-order valence-electron chi connectivity index (χ2n) is 23.8. The maximum absolute atomic E-state index is 12.9. The summed E-state index contributed by atoms with van der Waals surface area (Å²) in [6.45, 7) is 4.30. The zero-order chi connectivity index (χ0) is 61.9. The monoisotopic (exact) mass is 1200 g/mol. The van der Waals surface area contributed by atoms with Gasteiger partial charge < -0.3 is 18.9 Å². The summed E-state index contributed by atoms with van der Waals surface area (Å²) in [6.07, 6.45) is 94.1. The molecule has 0 aromatic rings. The smallest absolute Gasteiger partial charge is 0.462 e. The second kappa shape index (κ2) is 64.6. The molecule has 0 saturated heterocycles. The molecule has 0 saturated carbocycles. The maximum Gasteiger partial charge on any atom is 0.472 e. The van der Waals surface area contributed by atoms with Crippen molar-refractivity contribution < 1.29 is 42.1 Å². The number of nitrogens with zero attached hydrogens (tertiary/aromatic N) is 1. The number of carbonyl (C=O) groups is 2. The van der Waals surface area contributed by atoms with Gasteiger partial charge in [-0.25, -0.2) is 4.57 Å². The van der Waals surface area contributed by atoms with Gasteiger partial charge in [-0.2, -0.15) is 0 Å². The Kier molecular flexibility index (Phi) is 61.7. The molecule has 0 aliphatic rings. The largest absolute Gasteiger partial charge is 0.472 e. The molecule has 0 heterocycles. The Labute approximate surface area is 523 Å². The van der Waals surface area contributed by atoms with E-state index in [1.54, 1.807) is 0 Å². The predicted molar refractivity (Wildman–Crippen MR) is 367 cm³/mol. The van der Waals surface area contributed by atoms with E-state index in [9.17, 15) is 19.0 Å². The Hall–Kier alpha value is -3.85. The molecule has 0 bridgehead atoms. The fourth-order valence-corrected chi connectivity index (χ4v) is 9.94. The van der Waals surface area contributed by atoms with Crippen LogP contribution in [-0.2, 0) is 32.7 Å². The van der Waals surface area contributed by atoms with Crippen molar-refractivity contribution in [1.29, 1.82) is 0 Å². The Balaban J connectivity index is 4.19. The number of phosphoric acid groups is 1. The van der Waals surface area contributed by atoms with Gasteiger partial charge in [0, 0.05) is 12.8 Å². The highest BCUT2D eigenvalue weighted by molar-refractivity contribution is 7.47. The van der Waals surface area contributed by atoms with Crippen LogP contribution < -0.4 is 0 Å². The van der Waals surface area contributed by atoms with E-state index < -0.39 is 26.5 Å². The molecular weight excluding hydrogens is 1070 g/mol. The van der Waals surface area contributed by atoms with Crippen LogP contribution >= 0.6 is 7.82 Å². The zero-order valence-corrected chi connectivity index (χ0v) is 56.2. The van der Waals surface area contributed by atoms with Gasteiger partial charge in [0.05, 0.1) is 27.7 Å². The number of unbranched alkanes of at least 4 members (excludes halogenated alkanes) is 26. The van der Waals surface area contributed by atoms with E-state index in [-0.39, 0.29) is 32.0 Å². The minimum Gasteiger partial charge on any atom is -0.462 e. The van der Waals surface area contributed by atoms with E-state index in [4.69, 9.17) is 18.5 Å².